The van der Waals surface area contributed by atoms with Crippen molar-refractivity contribution in [3.8, 4) is 0 Å². The average molecular weight is 204 g/mol. The van der Waals surface area contributed by atoms with E-state index in [1.165, 1.54) is 5.56 Å². The zero-order valence-electron chi connectivity index (χ0n) is 9.61. The van der Waals surface area contributed by atoms with E-state index in [2.05, 4.69) is 36.8 Å². The lowest BCUT2D eigenvalue weighted by Crippen LogP contribution is -2.31. The highest BCUT2D eigenvalue weighted by atomic mass is 14.9. The Morgan fingerprint density at radius 3 is 2.93 bits per heavy atom. The summed E-state index contributed by atoms with van der Waals surface area (Å²) >= 11 is 0. The second-order valence-electron chi connectivity index (χ2n) is 4.03. The molecule has 1 N–H and O–H groups in total. The molecule has 0 aliphatic rings. The average Bonchev–Trinajstić information content (AvgIpc) is 2.27. The molecule has 15 heavy (non-hydrogen) atoms. The van der Waals surface area contributed by atoms with Gasteiger partial charge in [0.2, 0.25) is 0 Å². The summed E-state index contributed by atoms with van der Waals surface area (Å²) < 4.78 is 0. The summed E-state index contributed by atoms with van der Waals surface area (Å²) in [5.41, 5.74) is 1.23. The first-order valence-electron chi connectivity index (χ1n) is 5.47. The van der Waals surface area contributed by atoms with E-state index in [-0.39, 0.29) is 0 Å². The van der Waals surface area contributed by atoms with E-state index in [0.29, 0.717) is 12.0 Å². The smallest absolute Gasteiger partial charge is 0.0312 e. The van der Waals surface area contributed by atoms with Crippen LogP contribution in [0, 0.1) is 5.92 Å². The van der Waals surface area contributed by atoms with E-state index < -0.39 is 0 Å². The molecular weight excluding hydrogens is 184 g/mol. The van der Waals surface area contributed by atoms with Gasteiger partial charge in [0.15, 0.2) is 0 Å². The minimum Gasteiger partial charge on any atom is -0.310 e. The molecule has 0 fully saturated rings. The summed E-state index contributed by atoms with van der Waals surface area (Å²) in [4.78, 5) is 4.09. The van der Waals surface area contributed by atoms with E-state index in [0.717, 1.165) is 13.0 Å². The van der Waals surface area contributed by atoms with Crippen LogP contribution in [0.5, 0.6) is 0 Å². The molecule has 0 amide bonds. The summed E-state index contributed by atoms with van der Waals surface area (Å²) in [6.45, 7) is 9.10. The Labute approximate surface area is 92.4 Å². The van der Waals surface area contributed by atoms with Gasteiger partial charge in [0, 0.05) is 25.0 Å². The first kappa shape index (κ1) is 11.9. The van der Waals surface area contributed by atoms with Crippen LogP contribution >= 0.6 is 0 Å². The Morgan fingerprint density at radius 2 is 2.33 bits per heavy atom. The van der Waals surface area contributed by atoms with E-state index in [9.17, 15) is 0 Å². The van der Waals surface area contributed by atoms with Gasteiger partial charge < -0.3 is 5.32 Å². The molecule has 2 heteroatoms. The molecule has 0 aliphatic carbocycles. The molecule has 2 atom stereocenters. The van der Waals surface area contributed by atoms with Crippen LogP contribution in [-0.2, 0) is 6.54 Å². The van der Waals surface area contributed by atoms with Crippen LogP contribution in [0.15, 0.2) is 37.2 Å². The topological polar surface area (TPSA) is 24.9 Å². The molecule has 1 aromatic rings. The lowest BCUT2D eigenvalue weighted by Gasteiger charge is -2.19. The standard InChI is InChI=1S/C13H20N2/c1-4-6-11(2)12(3)15-10-13-7-5-8-14-9-13/h4-5,7-9,11-12,15H,1,6,10H2,2-3H3. The molecule has 2 unspecified atom stereocenters. The van der Waals surface area contributed by atoms with Gasteiger partial charge >= 0.3 is 0 Å². The molecule has 1 heterocycles. The largest absolute Gasteiger partial charge is 0.310 e. The summed E-state index contributed by atoms with van der Waals surface area (Å²) in [5.74, 6) is 0.624. The zero-order chi connectivity index (χ0) is 11.1. The number of hydrogen-bond acceptors (Lipinski definition) is 2. The molecule has 0 aliphatic heterocycles. The Morgan fingerprint density at radius 1 is 1.53 bits per heavy atom. The van der Waals surface area contributed by atoms with E-state index in [1.807, 2.05) is 18.3 Å². The second kappa shape index (κ2) is 6.36. The number of nitrogens with zero attached hydrogens (tertiary/aromatic N) is 1. The quantitative estimate of drug-likeness (QED) is 0.721. The Bertz CT molecular complexity index is 282. The lowest BCUT2D eigenvalue weighted by molar-refractivity contribution is 0.402. The van der Waals surface area contributed by atoms with E-state index >= 15 is 0 Å². The van der Waals surface area contributed by atoms with Crippen molar-refractivity contribution in [1.82, 2.24) is 10.3 Å². The van der Waals surface area contributed by atoms with Gasteiger partial charge in [0.05, 0.1) is 0 Å². The highest BCUT2D eigenvalue weighted by Crippen LogP contribution is 2.08. The summed E-state index contributed by atoms with van der Waals surface area (Å²) in [6, 6.07) is 4.56. The fraction of sp³-hybridized carbons (Fsp3) is 0.462. The first-order chi connectivity index (χ1) is 7.24. The minimum atomic E-state index is 0.503. The van der Waals surface area contributed by atoms with Crippen molar-refractivity contribution in [3.05, 3.63) is 42.7 Å². The van der Waals surface area contributed by atoms with Gasteiger partial charge in [0.1, 0.15) is 0 Å². The summed E-state index contributed by atoms with van der Waals surface area (Å²) in [7, 11) is 0. The predicted molar refractivity (Wildman–Crippen MR) is 64.5 cm³/mol. The normalized spacial score (nSPS) is 14.5. The van der Waals surface area contributed by atoms with Crippen molar-refractivity contribution >= 4 is 0 Å². The van der Waals surface area contributed by atoms with Crippen LogP contribution in [0.4, 0.5) is 0 Å². The van der Waals surface area contributed by atoms with Gasteiger partial charge in [-0.25, -0.2) is 0 Å². The highest BCUT2D eigenvalue weighted by Gasteiger charge is 2.09. The van der Waals surface area contributed by atoms with Gasteiger partial charge in [0.25, 0.3) is 0 Å². The van der Waals surface area contributed by atoms with E-state index in [1.54, 1.807) is 6.20 Å². The number of nitrogens with one attached hydrogen (secondary N) is 1. The maximum Gasteiger partial charge on any atom is 0.0312 e. The molecule has 0 bridgehead atoms. The predicted octanol–water partition coefficient (Wildman–Crippen LogP) is 2.77. The maximum atomic E-state index is 4.09. The molecule has 0 aromatic carbocycles. The molecular formula is C13H20N2. The molecule has 82 valence electrons. The van der Waals surface area contributed by atoms with Crippen LogP contribution < -0.4 is 5.32 Å². The van der Waals surface area contributed by atoms with Crippen LogP contribution in [0.25, 0.3) is 0 Å². The number of allylic oxidation sites excluding steroid dienone is 1. The highest BCUT2D eigenvalue weighted by molar-refractivity contribution is 5.08. The Kier molecular flexibility index (Phi) is 5.05. The first-order valence-corrected chi connectivity index (χ1v) is 5.47. The number of hydrogen-bond donors (Lipinski definition) is 1. The molecule has 2 nitrogen and oxygen atoms in total. The molecule has 0 spiro atoms. The van der Waals surface area contributed by atoms with Gasteiger partial charge in [-0.2, -0.15) is 0 Å². The third-order valence-corrected chi connectivity index (χ3v) is 2.74. The van der Waals surface area contributed by atoms with E-state index in [4.69, 9.17) is 0 Å². The van der Waals surface area contributed by atoms with Crippen molar-refractivity contribution in [2.24, 2.45) is 5.92 Å². The molecule has 1 aromatic heterocycles. The monoisotopic (exact) mass is 204 g/mol. The minimum absolute atomic E-state index is 0.503. The molecule has 1 rings (SSSR count). The SMILES string of the molecule is C=CCC(C)C(C)NCc1cccnc1. The van der Waals surface area contributed by atoms with Gasteiger partial charge in [-0.1, -0.05) is 19.1 Å². The Hall–Kier alpha value is -1.15. The number of rotatable bonds is 6. The summed E-state index contributed by atoms with van der Waals surface area (Å²) in [5, 5.41) is 3.50. The van der Waals surface area contributed by atoms with Crippen LogP contribution in [0.1, 0.15) is 25.8 Å². The van der Waals surface area contributed by atoms with Crippen LogP contribution in [-0.4, -0.2) is 11.0 Å². The van der Waals surface area contributed by atoms with Crippen molar-refractivity contribution < 1.29 is 0 Å². The van der Waals surface area contributed by atoms with Gasteiger partial charge in [-0.05, 0) is 30.9 Å². The second-order valence-corrected chi connectivity index (χ2v) is 4.03. The van der Waals surface area contributed by atoms with Crippen molar-refractivity contribution in [2.75, 3.05) is 0 Å². The molecule has 0 radical (unpaired) electrons. The summed E-state index contributed by atoms with van der Waals surface area (Å²) in [6.07, 6.45) is 6.74. The molecule has 0 saturated carbocycles. The lowest BCUT2D eigenvalue weighted by atomic mass is 10.00. The fourth-order valence-electron chi connectivity index (χ4n) is 1.45. The van der Waals surface area contributed by atoms with Crippen LogP contribution in [0.2, 0.25) is 0 Å². The number of aromatic nitrogens is 1. The maximum absolute atomic E-state index is 4.09. The zero-order valence-corrected chi connectivity index (χ0v) is 9.61. The van der Waals surface area contributed by atoms with Crippen LogP contribution in [0.3, 0.4) is 0 Å². The van der Waals surface area contributed by atoms with Crippen molar-refractivity contribution in [3.63, 3.8) is 0 Å². The van der Waals surface area contributed by atoms with Gasteiger partial charge in [-0.3, -0.25) is 4.98 Å². The fourth-order valence-corrected chi connectivity index (χ4v) is 1.45. The molecule has 0 saturated heterocycles. The third kappa shape index (κ3) is 4.26. The third-order valence-electron chi connectivity index (χ3n) is 2.74. The Balaban J connectivity index is 2.34. The number of pyridine rings is 1. The van der Waals surface area contributed by atoms with Gasteiger partial charge in [-0.15, -0.1) is 6.58 Å². The van der Waals surface area contributed by atoms with Crippen molar-refractivity contribution in [1.29, 1.82) is 0 Å². The van der Waals surface area contributed by atoms with Crippen molar-refractivity contribution in [2.45, 2.75) is 32.9 Å².